The number of carbonyl (C=O) groups excluding carboxylic acids is 2. The molecule has 0 spiro atoms. The van der Waals surface area contributed by atoms with E-state index in [2.05, 4.69) is 17.1 Å². The van der Waals surface area contributed by atoms with Gasteiger partial charge in [-0.2, -0.15) is 0 Å². The molecule has 1 unspecified atom stereocenters. The fourth-order valence-electron chi connectivity index (χ4n) is 4.11. The summed E-state index contributed by atoms with van der Waals surface area (Å²) in [5, 5.41) is 20.7. The second kappa shape index (κ2) is 12.5. The van der Waals surface area contributed by atoms with E-state index in [1.807, 2.05) is 6.07 Å². The molecule has 206 valence electrons. The molecule has 40 heavy (non-hydrogen) atoms. The molecule has 1 N–H and O–H groups in total. The number of hydrogen-bond donors (Lipinski definition) is 1. The number of furan rings is 1. The third kappa shape index (κ3) is 5.90. The minimum Gasteiger partial charge on any atom is -0.503 e. The van der Waals surface area contributed by atoms with Gasteiger partial charge in [0.05, 0.1) is 24.5 Å². The van der Waals surface area contributed by atoms with Gasteiger partial charge in [-0.3, -0.25) is 14.5 Å². The average molecular weight is 617 g/mol. The minimum absolute atomic E-state index is 0.00840. The van der Waals surface area contributed by atoms with Crippen molar-refractivity contribution < 1.29 is 23.8 Å². The maximum Gasteiger partial charge on any atom is 0.296 e. The molecule has 3 heterocycles. The number of Topliss-reactive ketones (excluding diaryl/α,β-unsaturated/α-hetero) is 1. The van der Waals surface area contributed by atoms with Crippen LogP contribution >= 0.6 is 46.3 Å². The van der Waals surface area contributed by atoms with Crippen molar-refractivity contribution in [1.29, 1.82) is 0 Å². The van der Waals surface area contributed by atoms with Crippen LogP contribution in [-0.4, -0.2) is 33.6 Å². The molecule has 0 saturated heterocycles. The lowest BCUT2D eigenvalue weighted by molar-refractivity contribution is -0.117. The zero-order valence-electron chi connectivity index (χ0n) is 21.2. The number of anilines is 1. The van der Waals surface area contributed by atoms with Gasteiger partial charge in [-0.25, -0.2) is 0 Å². The van der Waals surface area contributed by atoms with E-state index in [0.717, 1.165) is 18.4 Å². The Labute approximate surface area is 248 Å². The van der Waals surface area contributed by atoms with Gasteiger partial charge < -0.3 is 14.3 Å². The molecule has 1 amide bonds. The zero-order chi connectivity index (χ0) is 28.2. The number of nitrogens with zero attached hydrogens (tertiary/aromatic N) is 3. The Balaban J connectivity index is 1.45. The van der Waals surface area contributed by atoms with Gasteiger partial charge in [0.25, 0.3) is 5.91 Å². The van der Waals surface area contributed by atoms with E-state index in [1.165, 1.54) is 40.3 Å². The van der Waals surface area contributed by atoms with Crippen molar-refractivity contribution in [3.05, 3.63) is 99.1 Å². The third-order valence-electron chi connectivity index (χ3n) is 6.13. The Hall–Kier alpha value is -3.31. The first kappa shape index (κ1) is 28.2. The van der Waals surface area contributed by atoms with Crippen LogP contribution in [0, 0.1) is 0 Å². The number of aromatic nitrogens is 2. The zero-order valence-corrected chi connectivity index (χ0v) is 24.3. The van der Waals surface area contributed by atoms with Crippen LogP contribution in [-0.2, 0) is 10.5 Å². The van der Waals surface area contributed by atoms with Crippen LogP contribution in [0.1, 0.15) is 47.5 Å². The van der Waals surface area contributed by atoms with E-state index in [1.54, 1.807) is 42.5 Å². The Morgan fingerprint density at radius 2 is 1.98 bits per heavy atom. The highest BCUT2D eigenvalue weighted by atomic mass is 35.5. The Bertz CT molecular complexity index is 1550. The molecule has 2 aromatic carbocycles. The van der Waals surface area contributed by atoms with Gasteiger partial charge in [-0.05, 0) is 53.9 Å². The lowest BCUT2D eigenvalue weighted by atomic mass is 9.95. The van der Waals surface area contributed by atoms with Crippen LogP contribution in [0.25, 0.3) is 0 Å². The van der Waals surface area contributed by atoms with Gasteiger partial charge in [0.15, 0.2) is 15.9 Å². The lowest BCUT2D eigenvalue weighted by Crippen LogP contribution is -2.31. The number of ketones is 1. The average Bonchev–Trinajstić information content (AvgIpc) is 3.70. The summed E-state index contributed by atoms with van der Waals surface area (Å²) in [5.74, 6) is -0.829. The van der Waals surface area contributed by atoms with Crippen LogP contribution in [0.2, 0.25) is 10.0 Å². The number of aliphatic hydroxyl groups excluding tert-OH is 1. The predicted molar refractivity (Wildman–Crippen MR) is 156 cm³/mol. The summed E-state index contributed by atoms with van der Waals surface area (Å²) < 4.78 is 11.6. The molecule has 5 rings (SSSR count). The molecular weight excluding hydrogens is 593 g/mol. The Morgan fingerprint density at radius 3 is 2.67 bits per heavy atom. The van der Waals surface area contributed by atoms with Crippen LogP contribution in [0.15, 0.2) is 80.9 Å². The van der Waals surface area contributed by atoms with Gasteiger partial charge in [0.2, 0.25) is 10.9 Å². The smallest absolute Gasteiger partial charge is 0.296 e. The number of aliphatic hydroxyl groups is 1. The first-order valence-corrected chi connectivity index (χ1v) is 14.9. The first-order chi connectivity index (χ1) is 19.4. The summed E-state index contributed by atoms with van der Waals surface area (Å²) in [6.07, 6.45) is 3.29. The number of amides is 1. The number of rotatable bonds is 11. The maximum atomic E-state index is 13.4. The third-order valence-corrected chi connectivity index (χ3v) is 8.82. The summed E-state index contributed by atoms with van der Waals surface area (Å²) in [4.78, 5) is 28.1. The normalized spacial score (nSPS) is 15.2. The molecule has 12 heteroatoms. The quantitative estimate of drug-likeness (QED) is 0.0792. The molecule has 8 nitrogen and oxygen atoms in total. The van der Waals surface area contributed by atoms with E-state index in [9.17, 15) is 14.7 Å². The largest absolute Gasteiger partial charge is 0.503 e. The van der Waals surface area contributed by atoms with Crippen molar-refractivity contribution in [2.24, 2.45) is 0 Å². The fourth-order valence-corrected chi connectivity index (χ4v) is 6.53. The van der Waals surface area contributed by atoms with Gasteiger partial charge in [0.1, 0.15) is 5.75 Å². The van der Waals surface area contributed by atoms with Crippen molar-refractivity contribution in [2.75, 3.05) is 11.5 Å². The number of carbonyl (C=O) groups is 2. The van der Waals surface area contributed by atoms with Crippen molar-refractivity contribution >= 4 is 63.1 Å². The number of unbranched alkanes of at least 4 members (excludes halogenated alkanes) is 1. The van der Waals surface area contributed by atoms with Crippen molar-refractivity contribution in [3.63, 3.8) is 0 Å². The molecule has 2 aromatic heterocycles. The summed E-state index contributed by atoms with van der Waals surface area (Å²) in [6.45, 7) is 2.66. The Kier molecular flexibility index (Phi) is 8.80. The van der Waals surface area contributed by atoms with E-state index in [0.29, 0.717) is 38.1 Å². The SMILES string of the molecule is CCCCOc1ccc(C2C(C(=O)c3ccco3)=C(O)C(=O)N2c2nnc(SCc3ccc(Cl)cc3Cl)s2)cc1. The lowest BCUT2D eigenvalue weighted by Gasteiger charge is -2.24. The molecule has 1 aliphatic rings. The second-order valence-electron chi connectivity index (χ2n) is 8.79. The highest BCUT2D eigenvalue weighted by molar-refractivity contribution is 8.00. The topological polar surface area (TPSA) is 106 Å². The highest BCUT2D eigenvalue weighted by Crippen LogP contribution is 2.44. The molecule has 1 atom stereocenters. The van der Waals surface area contributed by atoms with Crippen LogP contribution in [0.5, 0.6) is 5.75 Å². The number of halogens is 2. The molecule has 0 bridgehead atoms. The summed E-state index contributed by atoms with van der Waals surface area (Å²) in [7, 11) is 0. The van der Waals surface area contributed by atoms with Crippen molar-refractivity contribution in [2.45, 2.75) is 35.9 Å². The van der Waals surface area contributed by atoms with Crippen molar-refractivity contribution in [1.82, 2.24) is 10.2 Å². The fraction of sp³-hybridized carbons (Fsp3) is 0.214. The minimum atomic E-state index is -0.952. The Morgan fingerprint density at radius 1 is 1.18 bits per heavy atom. The number of thioether (sulfide) groups is 1. The second-order valence-corrected chi connectivity index (χ2v) is 11.8. The molecule has 0 saturated carbocycles. The molecular formula is C28H23Cl2N3O5S2. The van der Waals surface area contributed by atoms with Gasteiger partial charge in [0, 0.05) is 15.8 Å². The highest BCUT2D eigenvalue weighted by Gasteiger charge is 2.46. The molecule has 0 aliphatic carbocycles. The number of benzene rings is 2. The van der Waals surface area contributed by atoms with E-state index in [-0.39, 0.29) is 16.5 Å². The number of ether oxygens (including phenoxy) is 1. The van der Waals surface area contributed by atoms with Gasteiger partial charge >= 0.3 is 0 Å². The monoisotopic (exact) mass is 615 g/mol. The summed E-state index contributed by atoms with van der Waals surface area (Å²) in [6, 6.07) is 14.4. The van der Waals surface area contributed by atoms with Gasteiger partial charge in [-0.1, -0.05) is 77.8 Å². The summed E-state index contributed by atoms with van der Waals surface area (Å²) >= 11 is 14.9. The number of hydrogen-bond acceptors (Lipinski definition) is 9. The first-order valence-electron chi connectivity index (χ1n) is 12.3. The van der Waals surface area contributed by atoms with Crippen LogP contribution < -0.4 is 9.64 Å². The van der Waals surface area contributed by atoms with E-state index in [4.69, 9.17) is 32.4 Å². The standard InChI is InChI=1S/C28H23Cl2N3O5S2/c1-2-3-12-37-19-10-7-16(8-11-19)23-22(24(34)21-5-4-13-38-21)25(35)26(36)33(23)27-31-32-28(40-27)39-15-17-6-9-18(29)14-20(17)30/h4-11,13-14,23,35H,2-3,12,15H2,1H3. The molecule has 4 aromatic rings. The van der Waals surface area contributed by atoms with Crippen LogP contribution in [0.3, 0.4) is 0 Å². The van der Waals surface area contributed by atoms with Crippen molar-refractivity contribution in [3.8, 4) is 5.75 Å². The molecule has 0 radical (unpaired) electrons. The predicted octanol–water partition coefficient (Wildman–Crippen LogP) is 7.69. The summed E-state index contributed by atoms with van der Waals surface area (Å²) in [5.41, 5.74) is 1.36. The van der Waals surface area contributed by atoms with Gasteiger partial charge in [-0.15, -0.1) is 10.2 Å². The van der Waals surface area contributed by atoms with Crippen LogP contribution in [0.4, 0.5) is 5.13 Å². The maximum absolute atomic E-state index is 13.4. The van der Waals surface area contributed by atoms with E-state index >= 15 is 0 Å². The molecule has 0 fully saturated rings. The molecule has 1 aliphatic heterocycles. The van der Waals surface area contributed by atoms with E-state index < -0.39 is 23.5 Å².